The predicted molar refractivity (Wildman–Crippen MR) is 78.4 cm³/mol. The molecule has 0 bridgehead atoms. The molecule has 2 heterocycles. The lowest BCUT2D eigenvalue weighted by Gasteiger charge is -2.34. The fourth-order valence-electron chi connectivity index (χ4n) is 1.82. The molecule has 18 heavy (non-hydrogen) atoms. The molecule has 1 saturated heterocycles. The van der Waals surface area contributed by atoms with Crippen LogP contribution in [0.25, 0.3) is 0 Å². The summed E-state index contributed by atoms with van der Waals surface area (Å²) in [6.07, 6.45) is 1.75. The number of sulfonamides is 1. The Bertz CT molecular complexity index is 498. The Morgan fingerprint density at radius 2 is 1.89 bits per heavy atom. The summed E-state index contributed by atoms with van der Waals surface area (Å²) in [4.78, 5) is 6.40. The number of nitrogens with zero attached hydrogens (tertiary/aromatic N) is 3. The van der Waals surface area contributed by atoms with Crippen molar-refractivity contribution in [3.05, 3.63) is 22.8 Å². The maximum atomic E-state index is 11.7. The molecular weight excluding hydrogens is 386 g/mol. The average molecular weight is 399 g/mol. The van der Waals surface area contributed by atoms with Gasteiger partial charge in [-0.1, -0.05) is 15.9 Å². The summed E-state index contributed by atoms with van der Waals surface area (Å²) in [6.45, 7) is 2.35. The second-order valence-electron chi connectivity index (χ2n) is 3.94. The van der Waals surface area contributed by atoms with Crippen molar-refractivity contribution in [3.8, 4) is 0 Å². The van der Waals surface area contributed by atoms with Gasteiger partial charge in [-0.3, -0.25) is 0 Å². The van der Waals surface area contributed by atoms with Crippen molar-refractivity contribution in [3.63, 3.8) is 0 Å². The lowest BCUT2D eigenvalue weighted by atomic mass is 10.3. The van der Waals surface area contributed by atoms with Gasteiger partial charge in [0.05, 0.1) is 0 Å². The van der Waals surface area contributed by atoms with Gasteiger partial charge in [-0.15, -0.1) is 0 Å². The van der Waals surface area contributed by atoms with E-state index in [1.807, 2.05) is 12.1 Å². The maximum Gasteiger partial charge on any atom is 0.224 e. The molecule has 5 nitrogen and oxygen atoms in total. The summed E-state index contributed by atoms with van der Waals surface area (Å²) in [7, 11) is -3.14. The zero-order valence-electron chi connectivity index (χ0n) is 9.59. The number of rotatable bonds is 3. The lowest BCUT2D eigenvalue weighted by Crippen LogP contribution is -2.49. The molecule has 100 valence electrons. The van der Waals surface area contributed by atoms with Gasteiger partial charge in [0.1, 0.15) is 10.5 Å². The van der Waals surface area contributed by atoms with E-state index in [1.165, 1.54) is 4.31 Å². The summed E-state index contributed by atoms with van der Waals surface area (Å²) < 4.78 is 25.8. The van der Waals surface area contributed by atoms with E-state index in [1.54, 1.807) is 6.20 Å². The molecule has 1 aromatic heterocycles. The van der Waals surface area contributed by atoms with Gasteiger partial charge in [-0.25, -0.2) is 13.4 Å². The first-order valence-electron chi connectivity index (χ1n) is 5.43. The molecule has 2 rings (SSSR count). The summed E-state index contributed by atoms with van der Waals surface area (Å²) >= 11 is 6.35. The molecule has 1 aliphatic heterocycles. The van der Waals surface area contributed by atoms with Crippen molar-refractivity contribution in [2.24, 2.45) is 0 Å². The van der Waals surface area contributed by atoms with Gasteiger partial charge in [0.25, 0.3) is 0 Å². The molecule has 0 aliphatic carbocycles. The number of alkyl halides is 1. The zero-order valence-corrected chi connectivity index (χ0v) is 13.6. The molecule has 0 spiro atoms. The van der Waals surface area contributed by atoms with Crippen LogP contribution in [0.4, 0.5) is 5.82 Å². The Morgan fingerprint density at radius 1 is 1.22 bits per heavy atom. The SMILES string of the molecule is O=S(=O)(CBr)N1CCN(c2ccc(Br)cn2)CC1. The summed E-state index contributed by atoms with van der Waals surface area (Å²) in [5, 5.41) is 0. The highest BCUT2D eigenvalue weighted by atomic mass is 79.9. The summed E-state index contributed by atoms with van der Waals surface area (Å²) in [5.74, 6) is 0.883. The van der Waals surface area contributed by atoms with Gasteiger partial charge >= 0.3 is 0 Å². The molecule has 0 radical (unpaired) electrons. The topological polar surface area (TPSA) is 53.5 Å². The van der Waals surface area contributed by atoms with Crippen LogP contribution in [0.2, 0.25) is 0 Å². The highest BCUT2D eigenvalue weighted by molar-refractivity contribution is 9.10. The van der Waals surface area contributed by atoms with Crippen molar-refractivity contribution >= 4 is 47.7 Å². The first-order chi connectivity index (χ1) is 8.53. The van der Waals surface area contributed by atoms with Crippen LogP contribution in [0.1, 0.15) is 0 Å². The molecule has 0 saturated carbocycles. The maximum absolute atomic E-state index is 11.7. The third-order valence-electron chi connectivity index (χ3n) is 2.81. The normalized spacial score (nSPS) is 18.0. The number of piperazine rings is 1. The van der Waals surface area contributed by atoms with Crippen molar-refractivity contribution in [1.82, 2.24) is 9.29 Å². The molecular formula is C10H13Br2N3O2S. The molecule has 0 N–H and O–H groups in total. The average Bonchev–Trinajstić information content (AvgIpc) is 2.40. The van der Waals surface area contributed by atoms with Crippen molar-refractivity contribution in [2.45, 2.75) is 0 Å². The standard InChI is InChI=1S/C10H13Br2N3O2S/c11-8-18(16,17)15-5-3-14(4-6-15)10-2-1-9(12)7-13-10/h1-2,7H,3-6,8H2. The Balaban J connectivity index is 2.01. The van der Waals surface area contributed by atoms with E-state index in [4.69, 9.17) is 0 Å². The molecule has 1 aliphatic rings. The molecule has 1 fully saturated rings. The van der Waals surface area contributed by atoms with Crippen LogP contribution in [-0.4, -0.2) is 48.5 Å². The van der Waals surface area contributed by atoms with E-state index in [0.29, 0.717) is 26.2 Å². The second-order valence-corrected chi connectivity index (χ2v) is 8.13. The van der Waals surface area contributed by atoms with Crippen LogP contribution in [0.3, 0.4) is 0 Å². The van der Waals surface area contributed by atoms with Gasteiger partial charge in [-0.05, 0) is 28.1 Å². The van der Waals surface area contributed by atoms with Crippen LogP contribution in [0.15, 0.2) is 22.8 Å². The largest absolute Gasteiger partial charge is 0.354 e. The Kier molecular flexibility index (Phi) is 4.63. The number of halogens is 2. The minimum Gasteiger partial charge on any atom is -0.354 e. The number of aromatic nitrogens is 1. The summed E-state index contributed by atoms with van der Waals surface area (Å²) in [6, 6.07) is 3.86. The van der Waals surface area contributed by atoms with E-state index in [0.717, 1.165) is 10.3 Å². The lowest BCUT2D eigenvalue weighted by molar-refractivity contribution is 0.386. The van der Waals surface area contributed by atoms with Gasteiger partial charge in [0.2, 0.25) is 10.0 Å². The monoisotopic (exact) mass is 397 g/mol. The van der Waals surface area contributed by atoms with Gasteiger partial charge < -0.3 is 4.90 Å². The quantitative estimate of drug-likeness (QED) is 0.726. The summed E-state index contributed by atoms with van der Waals surface area (Å²) in [5.41, 5.74) is 0. The van der Waals surface area contributed by atoms with Crippen LogP contribution >= 0.6 is 31.9 Å². The van der Waals surface area contributed by atoms with Gasteiger partial charge in [0, 0.05) is 36.8 Å². The highest BCUT2D eigenvalue weighted by Crippen LogP contribution is 2.18. The zero-order chi connectivity index (χ0) is 13.2. The van der Waals surface area contributed by atoms with Gasteiger partial charge in [-0.2, -0.15) is 4.31 Å². The number of hydrogen-bond acceptors (Lipinski definition) is 4. The van der Waals surface area contributed by atoms with Crippen LogP contribution in [0.5, 0.6) is 0 Å². The molecule has 0 atom stereocenters. The smallest absolute Gasteiger partial charge is 0.224 e. The first-order valence-corrected chi connectivity index (χ1v) is 8.95. The molecule has 8 heteroatoms. The fourth-order valence-corrected chi connectivity index (χ4v) is 3.78. The Morgan fingerprint density at radius 3 is 2.39 bits per heavy atom. The van der Waals surface area contributed by atoms with E-state index in [2.05, 4.69) is 41.7 Å². The Hall–Kier alpha value is -0.180. The number of hydrogen-bond donors (Lipinski definition) is 0. The van der Waals surface area contributed by atoms with E-state index < -0.39 is 10.0 Å². The van der Waals surface area contributed by atoms with Crippen LogP contribution in [-0.2, 0) is 10.0 Å². The third kappa shape index (κ3) is 3.23. The van der Waals surface area contributed by atoms with Gasteiger partial charge in [0.15, 0.2) is 0 Å². The molecule has 1 aromatic rings. The van der Waals surface area contributed by atoms with E-state index >= 15 is 0 Å². The Labute approximate surface area is 123 Å². The van der Waals surface area contributed by atoms with Crippen molar-refractivity contribution in [1.29, 1.82) is 0 Å². The van der Waals surface area contributed by atoms with Crippen molar-refractivity contribution < 1.29 is 8.42 Å². The first kappa shape index (κ1) is 14.2. The molecule has 0 aromatic carbocycles. The third-order valence-corrected chi connectivity index (χ3v) is 6.44. The van der Waals surface area contributed by atoms with Crippen molar-refractivity contribution in [2.75, 3.05) is 35.7 Å². The molecule has 0 amide bonds. The van der Waals surface area contributed by atoms with E-state index in [9.17, 15) is 8.42 Å². The molecule has 0 unspecified atom stereocenters. The second kappa shape index (κ2) is 5.85. The minimum atomic E-state index is -3.14. The van der Waals surface area contributed by atoms with Crippen LogP contribution in [0, 0.1) is 0 Å². The highest BCUT2D eigenvalue weighted by Gasteiger charge is 2.26. The van der Waals surface area contributed by atoms with E-state index in [-0.39, 0.29) is 4.66 Å². The number of pyridine rings is 1. The van der Waals surface area contributed by atoms with Crippen LogP contribution < -0.4 is 4.90 Å². The fraction of sp³-hybridized carbons (Fsp3) is 0.500. The minimum absolute atomic E-state index is 0.0173. The predicted octanol–water partition coefficient (Wildman–Crippen LogP) is 1.65. The number of anilines is 1.